The second kappa shape index (κ2) is 6.62. The Morgan fingerprint density at radius 3 is 2.83 bits per heavy atom. The zero-order chi connectivity index (χ0) is 16.2. The minimum atomic E-state index is -0.670. The lowest BCUT2D eigenvalue weighted by molar-refractivity contribution is -0.122. The zero-order valence-electron chi connectivity index (χ0n) is 12.8. The number of rotatable bonds is 5. The number of hydrogen-bond acceptors (Lipinski definition) is 5. The van der Waals surface area contributed by atoms with Gasteiger partial charge in [-0.1, -0.05) is 18.2 Å². The van der Waals surface area contributed by atoms with Crippen molar-refractivity contribution < 1.29 is 9.53 Å². The van der Waals surface area contributed by atoms with Crippen molar-refractivity contribution in [3.63, 3.8) is 0 Å². The van der Waals surface area contributed by atoms with Crippen LogP contribution in [0.1, 0.15) is 12.5 Å². The molecule has 1 amide bonds. The maximum atomic E-state index is 12.1. The topological polar surface area (TPSA) is 69.0 Å². The van der Waals surface area contributed by atoms with Crippen LogP contribution in [0.15, 0.2) is 48.1 Å². The number of nitrogens with zero attached hydrogens (tertiary/aromatic N) is 3. The Morgan fingerprint density at radius 1 is 1.35 bits per heavy atom. The Morgan fingerprint density at radius 2 is 2.13 bits per heavy atom. The molecule has 118 valence electrons. The molecule has 1 unspecified atom stereocenters. The highest BCUT2D eigenvalue weighted by Crippen LogP contribution is 2.19. The van der Waals surface area contributed by atoms with Gasteiger partial charge in [-0.15, -0.1) is 16.4 Å². The van der Waals surface area contributed by atoms with Crippen molar-refractivity contribution >= 4 is 22.4 Å². The molecule has 0 saturated carbocycles. The van der Waals surface area contributed by atoms with Crippen LogP contribution in [0, 0.1) is 6.92 Å². The fourth-order valence-electron chi connectivity index (χ4n) is 1.99. The molecule has 0 spiro atoms. The average Bonchev–Trinajstić information content (AvgIpc) is 3.18. The lowest BCUT2D eigenvalue weighted by atomic mass is 10.3. The molecule has 0 aliphatic carbocycles. The van der Waals surface area contributed by atoms with Gasteiger partial charge in [0.05, 0.1) is 5.69 Å². The minimum absolute atomic E-state index is 0.256. The molecular weight excluding hydrogens is 312 g/mol. The van der Waals surface area contributed by atoms with Crippen LogP contribution in [0.5, 0.6) is 5.88 Å². The van der Waals surface area contributed by atoms with Crippen LogP contribution in [-0.2, 0) is 4.79 Å². The first-order chi connectivity index (χ1) is 11.1. The van der Waals surface area contributed by atoms with E-state index in [1.54, 1.807) is 23.2 Å². The molecule has 2 aromatic heterocycles. The van der Waals surface area contributed by atoms with Crippen molar-refractivity contribution in [2.75, 3.05) is 5.32 Å². The Labute approximate surface area is 137 Å². The summed E-state index contributed by atoms with van der Waals surface area (Å²) in [5, 5.41) is 9.46. The van der Waals surface area contributed by atoms with E-state index < -0.39 is 6.10 Å². The van der Waals surface area contributed by atoms with Gasteiger partial charge in [0.15, 0.2) is 11.2 Å². The molecule has 0 bridgehead atoms. The molecule has 3 rings (SSSR count). The second-order valence-electron chi connectivity index (χ2n) is 4.98. The number of aromatic nitrogens is 3. The van der Waals surface area contributed by atoms with Crippen molar-refractivity contribution in [2.24, 2.45) is 0 Å². The number of amides is 1. The van der Waals surface area contributed by atoms with Gasteiger partial charge in [0.1, 0.15) is 0 Å². The van der Waals surface area contributed by atoms with Crippen LogP contribution < -0.4 is 10.1 Å². The number of para-hydroxylation sites is 1. The van der Waals surface area contributed by atoms with E-state index in [4.69, 9.17) is 4.74 Å². The SMILES string of the molecule is Cc1cn(-c2ccccc2)nc1OC(C)C(=O)Nc1nccs1. The fraction of sp³-hybridized carbons (Fsp3) is 0.188. The van der Waals surface area contributed by atoms with Gasteiger partial charge in [0, 0.05) is 23.3 Å². The minimum Gasteiger partial charge on any atom is -0.463 e. The number of ether oxygens (including phenoxy) is 1. The van der Waals surface area contributed by atoms with E-state index >= 15 is 0 Å². The molecule has 1 N–H and O–H groups in total. The molecular formula is C16H16N4O2S. The lowest BCUT2D eigenvalue weighted by Gasteiger charge is -2.12. The third-order valence-electron chi connectivity index (χ3n) is 3.19. The molecule has 0 fully saturated rings. The number of hydrogen-bond donors (Lipinski definition) is 1. The summed E-state index contributed by atoms with van der Waals surface area (Å²) in [6.45, 7) is 3.58. The van der Waals surface area contributed by atoms with Crippen LogP contribution in [0.2, 0.25) is 0 Å². The van der Waals surface area contributed by atoms with E-state index in [1.807, 2.05) is 43.5 Å². The van der Waals surface area contributed by atoms with Crippen molar-refractivity contribution in [1.82, 2.24) is 14.8 Å². The van der Waals surface area contributed by atoms with Crippen molar-refractivity contribution in [3.05, 3.63) is 53.7 Å². The van der Waals surface area contributed by atoms with E-state index in [0.29, 0.717) is 11.0 Å². The normalized spacial score (nSPS) is 11.9. The number of anilines is 1. The molecule has 6 nitrogen and oxygen atoms in total. The highest BCUT2D eigenvalue weighted by molar-refractivity contribution is 7.13. The van der Waals surface area contributed by atoms with E-state index in [9.17, 15) is 4.79 Å². The van der Waals surface area contributed by atoms with Gasteiger partial charge in [0.25, 0.3) is 5.91 Å². The number of nitrogens with one attached hydrogen (secondary N) is 1. The standard InChI is InChI=1S/C16H16N4O2S/c1-11-10-20(13-6-4-3-5-7-13)19-15(11)22-12(2)14(21)18-16-17-8-9-23-16/h3-10,12H,1-2H3,(H,17,18,21). The zero-order valence-corrected chi connectivity index (χ0v) is 13.6. The van der Waals surface area contributed by atoms with Gasteiger partial charge in [0.2, 0.25) is 5.88 Å². The van der Waals surface area contributed by atoms with Gasteiger partial charge < -0.3 is 4.74 Å². The molecule has 23 heavy (non-hydrogen) atoms. The molecule has 7 heteroatoms. The lowest BCUT2D eigenvalue weighted by Crippen LogP contribution is -2.30. The quantitative estimate of drug-likeness (QED) is 0.781. The number of carbonyl (C=O) groups is 1. The summed E-state index contributed by atoms with van der Waals surface area (Å²) in [7, 11) is 0. The summed E-state index contributed by atoms with van der Waals surface area (Å²) in [5.74, 6) is 0.184. The summed E-state index contributed by atoms with van der Waals surface area (Å²) < 4.78 is 7.42. The highest BCUT2D eigenvalue weighted by atomic mass is 32.1. The molecule has 3 aromatic rings. The number of benzene rings is 1. The highest BCUT2D eigenvalue weighted by Gasteiger charge is 2.18. The number of thiazole rings is 1. The Balaban J connectivity index is 1.70. The fourth-order valence-corrected chi connectivity index (χ4v) is 2.52. The van der Waals surface area contributed by atoms with Crippen molar-refractivity contribution in [1.29, 1.82) is 0 Å². The predicted molar refractivity (Wildman–Crippen MR) is 89.1 cm³/mol. The third-order valence-corrected chi connectivity index (χ3v) is 3.88. The van der Waals surface area contributed by atoms with Crippen LogP contribution in [-0.4, -0.2) is 26.8 Å². The van der Waals surface area contributed by atoms with E-state index in [0.717, 1.165) is 11.3 Å². The predicted octanol–water partition coefficient (Wildman–Crippen LogP) is 3.04. The number of aryl methyl sites for hydroxylation is 1. The van der Waals surface area contributed by atoms with Gasteiger partial charge in [-0.2, -0.15) is 0 Å². The molecule has 1 aromatic carbocycles. The van der Waals surface area contributed by atoms with Gasteiger partial charge in [-0.25, -0.2) is 9.67 Å². The first-order valence-corrected chi connectivity index (χ1v) is 8.00. The molecule has 0 saturated heterocycles. The Bertz CT molecular complexity index is 784. The van der Waals surface area contributed by atoms with Crippen molar-refractivity contribution in [3.8, 4) is 11.6 Å². The van der Waals surface area contributed by atoms with Crippen LogP contribution in [0.4, 0.5) is 5.13 Å². The van der Waals surface area contributed by atoms with Gasteiger partial charge >= 0.3 is 0 Å². The van der Waals surface area contributed by atoms with Crippen LogP contribution in [0.25, 0.3) is 5.69 Å². The van der Waals surface area contributed by atoms with Crippen molar-refractivity contribution in [2.45, 2.75) is 20.0 Å². The number of carbonyl (C=O) groups excluding carboxylic acids is 1. The van der Waals surface area contributed by atoms with E-state index in [1.165, 1.54) is 11.3 Å². The Hall–Kier alpha value is -2.67. The maximum absolute atomic E-state index is 12.1. The van der Waals surface area contributed by atoms with Crippen LogP contribution >= 0.6 is 11.3 Å². The van der Waals surface area contributed by atoms with Gasteiger partial charge in [-0.3, -0.25) is 10.1 Å². The largest absolute Gasteiger partial charge is 0.463 e. The Kier molecular flexibility index (Phi) is 4.38. The summed E-state index contributed by atoms with van der Waals surface area (Å²) in [6, 6.07) is 9.74. The van der Waals surface area contributed by atoms with Crippen LogP contribution in [0.3, 0.4) is 0 Å². The molecule has 1 atom stereocenters. The second-order valence-corrected chi connectivity index (χ2v) is 5.88. The monoisotopic (exact) mass is 328 g/mol. The summed E-state index contributed by atoms with van der Waals surface area (Å²) in [5.41, 5.74) is 1.80. The smallest absolute Gasteiger partial charge is 0.266 e. The summed E-state index contributed by atoms with van der Waals surface area (Å²) in [4.78, 5) is 16.1. The van der Waals surface area contributed by atoms with Gasteiger partial charge in [-0.05, 0) is 26.0 Å². The molecule has 0 aliphatic heterocycles. The molecule has 0 aliphatic rings. The third kappa shape index (κ3) is 3.57. The molecule has 0 radical (unpaired) electrons. The maximum Gasteiger partial charge on any atom is 0.266 e. The van der Waals surface area contributed by atoms with E-state index in [2.05, 4.69) is 15.4 Å². The van der Waals surface area contributed by atoms with E-state index in [-0.39, 0.29) is 5.91 Å². The summed E-state index contributed by atoms with van der Waals surface area (Å²) in [6.07, 6.45) is 2.84. The first-order valence-electron chi connectivity index (χ1n) is 7.12. The first kappa shape index (κ1) is 15.2. The summed E-state index contributed by atoms with van der Waals surface area (Å²) >= 11 is 1.36. The average molecular weight is 328 g/mol. The molecule has 2 heterocycles.